The van der Waals surface area contributed by atoms with Gasteiger partial charge >= 0.3 is 0 Å². The monoisotopic (exact) mass is 172 g/mol. The van der Waals surface area contributed by atoms with Gasteiger partial charge in [-0.05, 0) is 25.7 Å². The quantitative estimate of drug-likeness (QED) is 0.622. The molecule has 0 amide bonds. The Kier molecular flexibility index (Phi) is 3.53. The number of hydrogen-bond donors (Lipinski definition) is 2. The average Bonchev–Trinajstić information content (AvgIpc) is 2.32. The lowest BCUT2D eigenvalue weighted by Gasteiger charge is -2.30. The Labute approximate surface area is 74.6 Å². The first-order valence-electron chi connectivity index (χ1n) is 5.00. The van der Waals surface area contributed by atoms with E-state index in [1.54, 1.807) is 6.92 Å². The first-order chi connectivity index (χ1) is 5.67. The summed E-state index contributed by atoms with van der Waals surface area (Å²) in [5, 5.41) is 18.8. The molecule has 0 aliphatic heterocycles. The van der Waals surface area contributed by atoms with Crippen molar-refractivity contribution >= 4 is 0 Å². The number of rotatable bonds is 2. The van der Waals surface area contributed by atoms with Crippen LogP contribution in [-0.4, -0.2) is 22.4 Å². The molecule has 0 radical (unpaired) electrons. The standard InChI is InChI=1S/C10H20O2/c1-10(12,8-11)9-6-4-2-3-5-7-9/h9,11-12H,2-8H2,1H3. The third-order valence-electron chi connectivity index (χ3n) is 3.05. The van der Waals surface area contributed by atoms with E-state index in [4.69, 9.17) is 5.11 Å². The van der Waals surface area contributed by atoms with Crippen molar-refractivity contribution in [1.82, 2.24) is 0 Å². The highest BCUT2D eigenvalue weighted by molar-refractivity contribution is 4.82. The SMILES string of the molecule is CC(O)(CO)C1CCCCCC1. The van der Waals surface area contributed by atoms with Gasteiger partial charge in [0.1, 0.15) is 0 Å². The molecule has 0 bridgehead atoms. The third-order valence-corrected chi connectivity index (χ3v) is 3.05. The molecule has 1 fully saturated rings. The highest BCUT2D eigenvalue weighted by Crippen LogP contribution is 2.31. The van der Waals surface area contributed by atoms with E-state index in [0.29, 0.717) is 5.92 Å². The van der Waals surface area contributed by atoms with Gasteiger partial charge in [0.2, 0.25) is 0 Å². The lowest BCUT2D eigenvalue weighted by atomic mass is 9.84. The first kappa shape index (κ1) is 10.0. The number of aliphatic hydroxyl groups is 2. The van der Waals surface area contributed by atoms with Gasteiger partial charge in [0.25, 0.3) is 0 Å². The normalized spacial score (nSPS) is 26.2. The predicted octanol–water partition coefficient (Wildman–Crippen LogP) is 1.70. The molecule has 1 aliphatic carbocycles. The molecule has 0 heterocycles. The highest BCUT2D eigenvalue weighted by Gasteiger charge is 2.30. The van der Waals surface area contributed by atoms with E-state index in [1.807, 2.05) is 0 Å². The van der Waals surface area contributed by atoms with Gasteiger partial charge in [0.15, 0.2) is 0 Å². The van der Waals surface area contributed by atoms with Gasteiger partial charge in [-0.2, -0.15) is 0 Å². The zero-order chi connectivity index (χ0) is 9.03. The fourth-order valence-electron chi connectivity index (χ4n) is 2.03. The van der Waals surface area contributed by atoms with E-state index in [1.165, 1.54) is 25.7 Å². The smallest absolute Gasteiger partial charge is 0.0877 e. The zero-order valence-corrected chi connectivity index (χ0v) is 7.92. The average molecular weight is 172 g/mol. The molecular weight excluding hydrogens is 152 g/mol. The Balaban J connectivity index is 2.47. The van der Waals surface area contributed by atoms with Gasteiger partial charge in [-0.1, -0.05) is 25.7 Å². The predicted molar refractivity (Wildman–Crippen MR) is 48.9 cm³/mol. The number of aliphatic hydroxyl groups excluding tert-OH is 1. The molecule has 0 aromatic rings. The van der Waals surface area contributed by atoms with Crippen LogP contribution in [0.4, 0.5) is 0 Å². The minimum absolute atomic E-state index is 0.0995. The van der Waals surface area contributed by atoms with E-state index in [0.717, 1.165) is 12.8 Å². The van der Waals surface area contributed by atoms with Crippen LogP contribution in [0.2, 0.25) is 0 Å². The van der Waals surface area contributed by atoms with Gasteiger partial charge in [0.05, 0.1) is 12.2 Å². The Morgan fingerprint density at radius 3 is 2.08 bits per heavy atom. The van der Waals surface area contributed by atoms with Crippen LogP contribution < -0.4 is 0 Å². The van der Waals surface area contributed by atoms with Crippen molar-refractivity contribution in [3.63, 3.8) is 0 Å². The Morgan fingerprint density at radius 1 is 1.17 bits per heavy atom. The summed E-state index contributed by atoms with van der Waals surface area (Å²) in [4.78, 5) is 0. The fourth-order valence-corrected chi connectivity index (χ4v) is 2.03. The second kappa shape index (κ2) is 4.24. The molecule has 0 aromatic heterocycles. The van der Waals surface area contributed by atoms with Crippen molar-refractivity contribution in [3.05, 3.63) is 0 Å². The second-order valence-electron chi connectivity index (χ2n) is 4.20. The molecule has 1 rings (SSSR count). The maximum atomic E-state index is 9.82. The van der Waals surface area contributed by atoms with Crippen molar-refractivity contribution in [1.29, 1.82) is 0 Å². The molecule has 2 nitrogen and oxygen atoms in total. The van der Waals surface area contributed by atoms with Gasteiger partial charge in [-0.25, -0.2) is 0 Å². The highest BCUT2D eigenvalue weighted by atomic mass is 16.3. The van der Waals surface area contributed by atoms with E-state index >= 15 is 0 Å². The topological polar surface area (TPSA) is 40.5 Å². The molecule has 12 heavy (non-hydrogen) atoms. The van der Waals surface area contributed by atoms with Crippen molar-refractivity contribution in [2.45, 2.75) is 51.0 Å². The molecule has 72 valence electrons. The molecule has 1 unspecified atom stereocenters. The van der Waals surface area contributed by atoms with Crippen LogP contribution in [0.15, 0.2) is 0 Å². The summed E-state index contributed by atoms with van der Waals surface area (Å²) in [6, 6.07) is 0. The van der Waals surface area contributed by atoms with Gasteiger partial charge in [-0.15, -0.1) is 0 Å². The van der Waals surface area contributed by atoms with E-state index < -0.39 is 5.60 Å². The van der Waals surface area contributed by atoms with Crippen LogP contribution in [0.25, 0.3) is 0 Å². The summed E-state index contributed by atoms with van der Waals surface area (Å²) < 4.78 is 0. The Bertz CT molecular complexity index is 124. The maximum Gasteiger partial charge on any atom is 0.0877 e. The minimum atomic E-state index is -0.843. The number of hydrogen-bond acceptors (Lipinski definition) is 2. The molecule has 0 aromatic carbocycles. The molecular formula is C10H20O2. The van der Waals surface area contributed by atoms with Crippen LogP contribution in [0.1, 0.15) is 45.4 Å². The fraction of sp³-hybridized carbons (Fsp3) is 1.00. The lowest BCUT2D eigenvalue weighted by molar-refractivity contribution is -0.0513. The van der Waals surface area contributed by atoms with Crippen LogP contribution in [0, 0.1) is 5.92 Å². The van der Waals surface area contributed by atoms with Crippen molar-refractivity contribution < 1.29 is 10.2 Å². The van der Waals surface area contributed by atoms with Crippen molar-refractivity contribution in [3.8, 4) is 0 Å². The van der Waals surface area contributed by atoms with Crippen LogP contribution in [0.5, 0.6) is 0 Å². The Morgan fingerprint density at radius 2 is 1.67 bits per heavy atom. The van der Waals surface area contributed by atoms with Crippen LogP contribution in [0.3, 0.4) is 0 Å². The summed E-state index contributed by atoms with van der Waals surface area (Å²) in [7, 11) is 0. The summed E-state index contributed by atoms with van der Waals surface area (Å²) in [6.07, 6.45) is 7.15. The summed E-state index contributed by atoms with van der Waals surface area (Å²) in [6.45, 7) is 1.65. The zero-order valence-electron chi connectivity index (χ0n) is 7.92. The summed E-state index contributed by atoms with van der Waals surface area (Å²) in [5.41, 5.74) is -0.843. The molecule has 1 aliphatic rings. The van der Waals surface area contributed by atoms with E-state index in [2.05, 4.69) is 0 Å². The molecule has 0 saturated heterocycles. The van der Waals surface area contributed by atoms with E-state index in [-0.39, 0.29) is 6.61 Å². The molecule has 1 saturated carbocycles. The largest absolute Gasteiger partial charge is 0.393 e. The van der Waals surface area contributed by atoms with Crippen molar-refractivity contribution in [2.75, 3.05) is 6.61 Å². The molecule has 0 spiro atoms. The first-order valence-corrected chi connectivity index (χ1v) is 5.00. The summed E-state index contributed by atoms with van der Waals surface area (Å²) >= 11 is 0. The third kappa shape index (κ3) is 2.46. The molecule has 2 heteroatoms. The summed E-state index contributed by atoms with van der Waals surface area (Å²) in [5.74, 6) is 0.310. The molecule has 2 N–H and O–H groups in total. The minimum Gasteiger partial charge on any atom is -0.393 e. The van der Waals surface area contributed by atoms with Gasteiger partial charge < -0.3 is 10.2 Å². The van der Waals surface area contributed by atoms with Gasteiger partial charge in [-0.3, -0.25) is 0 Å². The second-order valence-corrected chi connectivity index (χ2v) is 4.20. The van der Waals surface area contributed by atoms with Gasteiger partial charge in [0, 0.05) is 0 Å². The maximum absolute atomic E-state index is 9.82. The van der Waals surface area contributed by atoms with Crippen LogP contribution >= 0.6 is 0 Å². The lowest BCUT2D eigenvalue weighted by Crippen LogP contribution is -2.38. The van der Waals surface area contributed by atoms with Crippen molar-refractivity contribution in [2.24, 2.45) is 5.92 Å². The van der Waals surface area contributed by atoms with Crippen LogP contribution in [-0.2, 0) is 0 Å². The Hall–Kier alpha value is -0.0800. The van der Waals surface area contributed by atoms with E-state index in [9.17, 15) is 5.11 Å². The molecule has 1 atom stereocenters.